The van der Waals surface area contributed by atoms with Crippen LogP contribution >= 0.6 is 0 Å². The number of ether oxygens (including phenoxy) is 1. The highest BCUT2D eigenvalue weighted by Gasteiger charge is 2.27. The lowest BCUT2D eigenvalue weighted by atomic mass is 9.97. The predicted molar refractivity (Wildman–Crippen MR) is 73.9 cm³/mol. The molecule has 110 valence electrons. The van der Waals surface area contributed by atoms with Gasteiger partial charge in [-0.2, -0.15) is 0 Å². The molecule has 0 unspecified atom stereocenters. The minimum absolute atomic E-state index is 0.00147. The molecule has 1 saturated heterocycles. The minimum atomic E-state index is -0.120. The summed E-state index contributed by atoms with van der Waals surface area (Å²) in [5.41, 5.74) is 0. The SMILES string of the molecule is CCCCCNC(=O)N1CCC(C(=O)OCC)CC1. The van der Waals surface area contributed by atoms with E-state index in [-0.39, 0.29) is 17.9 Å². The molecule has 1 rings (SSSR count). The molecule has 0 spiro atoms. The largest absolute Gasteiger partial charge is 0.466 e. The van der Waals surface area contributed by atoms with Crippen LogP contribution in [0.5, 0.6) is 0 Å². The van der Waals surface area contributed by atoms with Crippen molar-refractivity contribution in [2.75, 3.05) is 26.2 Å². The Balaban J connectivity index is 2.21. The van der Waals surface area contributed by atoms with Crippen LogP contribution in [-0.2, 0) is 9.53 Å². The molecule has 0 bridgehead atoms. The fraction of sp³-hybridized carbons (Fsp3) is 0.857. The second-order valence-electron chi connectivity index (χ2n) is 4.95. The second kappa shape index (κ2) is 8.77. The molecule has 2 amide bonds. The van der Waals surface area contributed by atoms with Crippen LogP contribution in [0.4, 0.5) is 4.79 Å². The third-order valence-electron chi connectivity index (χ3n) is 3.46. The van der Waals surface area contributed by atoms with E-state index in [1.807, 2.05) is 6.92 Å². The summed E-state index contributed by atoms with van der Waals surface area (Å²) in [6, 6.07) is -0.00147. The Labute approximate surface area is 115 Å². The zero-order chi connectivity index (χ0) is 14.1. The van der Waals surface area contributed by atoms with Crippen molar-refractivity contribution >= 4 is 12.0 Å². The van der Waals surface area contributed by atoms with Gasteiger partial charge in [0.15, 0.2) is 0 Å². The average Bonchev–Trinajstić information content (AvgIpc) is 2.44. The molecule has 0 atom stereocenters. The summed E-state index contributed by atoms with van der Waals surface area (Å²) in [7, 11) is 0. The summed E-state index contributed by atoms with van der Waals surface area (Å²) in [6.45, 7) is 6.41. The van der Waals surface area contributed by atoms with Gasteiger partial charge in [-0.1, -0.05) is 19.8 Å². The minimum Gasteiger partial charge on any atom is -0.466 e. The first-order chi connectivity index (χ1) is 9.19. The number of urea groups is 1. The van der Waals surface area contributed by atoms with Crippen LogP contribution in [0, 0.1) is 5.92 Å². The van der Waals surface area contributed by atoms with Crippen molar-refractivity contribution in [1.82, 2.24) is 10.2 Å². The number of rotatable bonds is 6. The maximum Gasteiger partial charge on any atom is 0.317 e. The molecule has 1 N–H and O–H groups in total. The summed E-state index contributed by atoms with van der Waals surface area (Å²) in [6.07, 6.45) is 4.75. The van der Waals surface area contributed by atoms with Crippen molar-refractivity contribution in [2.45, 2.75) is 46.0 Å². The van der Waals surface area contributed by atoms with Crippen molar-refractivity contribution in [1.29, 1.82) is 0 Å². The molecule has 0 radical (unpaired) electrons. The van der Waals surface area contributed by atoms with Crippen molar-refractivity contribution in [3.63, 3.8) is 0 Å². The fourth-order valence-electron chi connectivity index (χ4n) is 2.26. The zero-order valence-corrected chi connectivity index (χ0v) is 12.1. The number of amides is 2. The molecule has 19 heavy (non-hydrogen) atoms. The summed E-state index contributed by atoms with van der Waals surface area (Å²) in [5, 5.41) is 2.93. The van der Waals surface area contributed by atoms with Gasteiger partial charge in [0.05, 0.1) is 12.5 Å². The highest BCUT2D eigenvalue weighted by Crippen LogP contribution is 2.18. The molecule has 1 aliphatic rings. The summed E-state index contributed by atoms with van der Waals surface area (Å²) < 4.78 is 5.01. The molecule has 1 fully saturated rings. The van der Waals surface area contributed by atoms with Gasteiger partial charge in [-0.15, -0.1) is 0 Å². The first-order valence-corrected chi connectivity index (χ1v) is 7.38. The van der Waals surface area contributed by atoms with Gasteiger partial charge in [0.25, 0.3) is 0 Å². The quantitative estimate of drug-likeness (QED) is 0.594. The molecular formula is C14H26N2O3. The van der Waals surface area contributed by atoms with Crippen LogP contribution in [0.3, 0.4) is 0 Å². The van der Waals surface area contributed by atoms with Crippen LogP contribution in [0.2, 0.25) is 0 Å². The van der Waals surface area contributed by atoms with Gasteiger partial charge in [0.1, 0.15) is 0 Å². The number of esters is 1. The molecular weight excluding hydrogens is 244 g/mol. The number of likely N-dealkylation sites (tertiary alicyclic amines) is 1. The smallest absolute Gasteiger partial charge is 0.317 e. The topological polar surface area (TPSA) is 58.6 Å². The molecule has 0 aliphatic carbocycles. The number of nitrogens with one attached hydrogen (secondary N) is 1. The van der Waals surface area contributed by atoms with Gasteiger partial charge in [-0.3, -0.25) is 4.79 Å². The van der Waals surface area contributed by atoms with Gasteiger partial charge >= 0.3 is 12.0 Å². The lowest BCUT2D eigenvalue weighted by Crippen LogP contribution is -2.45. The van der Waals surface area contributed by atoms with E-state index in [0.717, 1.165) is 25.8 Å². The Hall–Kier alpha value is -1.26. The van der Waals surface area contributed by atoms with Crippen LogP contribution in [0.1, 0.15) is 46.0 Å². The monoisotopic (exact) mass is 270 g/mol. The van der Waals surface area contributed by atoms with E-state index in [1.165, 1.54) is 0 Å². The second-order valence-corrected chi connectivity index (χ2v) is 4.95. The van der Waals surface area contributed by atoms with Crippen molar-refractivity contribution < 1.29 is 14.3 Å². The molecule has 5 nitrogen and oxygen atoms in total. The van der Waals surface area contributed by atoms with Crippen molar-refractivity contribution in [2.24, 2.45) is 5.92 Å². The summed E-state index contributed by atoms with van der Waals surface area (Å²) in [4.78, 5) is 25.2. The number of nitrogens with zero attached hydrogens (tertiary/aromatic N) is 1. The fourth-order valence-corrected chi connectivity index (χ4v) is 2.26. The Morgan fingerprint density at radius 2 is 1.89 bits per heavy atom. The van der Waals surface area contributed by atoms with Crippen LogP contribution < -0.4 is 5.32 Å². The Kier molecular flexibility index (Phi) is 7.30. The van der Waals surface area contributed by atoms with Crippen molar-refractivity contribution in [3.05, 3.63) is 0 Å². The Bertz CT molecular complexity index is 286. The number of hydrogen-bond donors (Lipinski definition) is 1. The highest BCUT2D eigenvalue weighted by atomic mass is 16.5. The highest BCUT2D eigenvalue weighted by molar-refractivity contribution is 5.75. The molecule has 0 aromatic carbocycles. The zero-order valence-electron chi connectivity index (χ0n) is 12.1. The van der Waals surface area contributed by atoms with Crippen LogP contribution in [-0.4, -0.2) is 43.1 Å². The van der Waals surface area contributed by atoms with Gasteiger partial charge in [-0.05, 0) is 26.2 Å². The normalized spacial score (nSPS) is 16.2. The van der Waals surface area contributed by atoms with Gasteiger partial charge in [-0.25, -0.2) is 4.79 Å². The van der Waals surface area contributed by atoms with E-state index >= 15 is 0 Å². The molecule has 1 heterocycles. The average molecular weight is 270 g/mol. The maximum absolute atomic E-state index is 11.9. The molecule has 0 aromatic heterocycles. The third kappa shape index (κ3) is 5.49. The summed E-state index contributed by atoms with van der Waals surface area (Å²) >= 11 is 0. The van der Waals surface area contributed by atoms with E-state index in [2.05, 4.69) is 12.2 Å². The van der Waals surface area contributed by atoms with Crippen LogP contribution in [0.25, 0.3) is 0 Å². The number of carbonyl (C=O) groups excluding carboxylic acids is 2. The third-order valence-corrected chi connectivity index (χ3v) is 3.46. The number of carbonyl (C=O) groups is 2. The molecule has 5 heteroatoms. The lowest BCUT2D eigenvalue weighted by Gasteiger charge is -2.30. The Morgan fingerprint density at radius 3 is 2.47 bits per heavy atom. The summed E-state index contributed by atoms with van der Waals surface area (Å²) in [5.74, 6) is -0.158. The standard InChI is InChI=1S/C14H26N2O3/c1-3-5-6-9-15-14(18)16-10-7-12(8-11-16)13(17)19-4-2/h12H,3-11H2,1-2H3,(H,15,18). The number of unbranched alkanes of at least 4 members (excludes halogenated alkanes) is 2. The van der Waals surface area contributed by atoms with Gasteiger partial charge < -0.3 is 15.0 Å². The van der Waals surface area contributed by atoms with E-state index in [0.29, 0.717) is 32.5 Å². The lowest BCUT2D eigenvalue weighted by molar-refractivity contribution is -0.149. The first kappa shape index (κ1) is 15.8. The van der Waals surface area contributed by atoms with E-state index < -0.39 is 0 Å². The maximum atomic E-state index is 11.9. The molecule has 1 aliphatic heterocycles. The van der Waals surface area contributed by atoms with Crippen molar-refractivity contribution in [3.8, 4) is 0 Å². The van der Waals surface area contributed by atoms with Gasteiger partial charge in [0.2, 0.25) is 0 Å². The van der Waals surface area contributed by atoms with E-state index in [4.69, 9.17) is 4.74 Å². The van der Waals surface area contributed by atoms with Gasteiger partial charge in [0, 0.05) is 19.6 Å². The van der Waals surface area contributed by atoms with E-state index in [1.54, 1.807) is 4.90 Å². The molecule has 0 aromatic rings. The Morgan fingerprint density at radius 1 is 1.21 bits per heavy atom. The first-order valence-electron chi connectivity index (χ1n) is 7.38. The number of piperidine rings is 1. The molecule has 0 saturated carbocycles. The predicted octanol–water partition coefficient (Wildman–Crippen LogP) is 2.16. The van der Waals surface area contributed by atoms with E-state index in [9.17, 15) is 9.59 Å². The number of hydrogen-bond acceptors (Lipinski definition) is 3. The van der Waals surface area contributed by atoms with Crippen LogP contribution in [0.15, 0.2) is 0 Å².